The fourth-order valence-electron chi connectivity index (χ4n) is 5.95. The summed E-state index contributed by atoms with van der Waals surface area (Å²) >= 11 is 3.67. The SMILES string of the molecule is CN1C(=O)C2(CCC2)c2c1cnc1c2c(-c2ccc3c(cnn3C)c2)c(Br)n1S(=O)(=O)c1ccccc1. The molecule has 1 spiro atoms. The monoisotopic (exact) mass is 575 g/mol. The van der Waals surface area contributed by atoms with Gasteiger partial charge in [0.25, 0.3) is 10.0 Å². The summed E-state index contributed by atoms with van der Waals surface area (Å²) in [7, 11) is -0.343. The molecule has 1 amide bonds. The number of aromatic nitrogens is 4. The maximum Gasteiger partial charge on any atom is 0.270 e. The van der Waals surface area contributed by atoms with Gasteiger partial charge < -0.3 is 4.90 Å². The van der Waals surface area contributed by atoms with Crippen LogP contribution in [0.4, 0.5) is 5.69 Å². The number of anilines is 1. The fourth-order valence-corrected chi connectivity index (χ4v) is 8.50. The summed E-state index contributed by atoms with van der Waals surface area (Å²) in [6.45, 7) is 0. The van der Waals surface area contributed by atoms with Crippen LogP contribution in [-0.4, -0.2) is 40.1 Å². The second kappa shape index (κ2) is 7.52. The van der Waals surface area contributed by atoms with Crippen LogP contribution >= 0.6 is 15.9 Å². The van der Waals surface area contributed by atoms with Crippen molar-refractivity contribution in [2.45, 2.75) is 29.6 Å². The van der Waals surface area contributed by atoms with Crippen LogP contribution in [0.3, 0.4) is 0 Å². The minimum absolute atomic E-state index is 0.0477. The van der Waals surface area contributed by atoms with E-state index in [4.69, 9.17) is 0 Å². The Morgan fingerprint density at radius 1 is 1.03 bits per heavy atom. The van der Waals surface area contributed by atoms with Crippen LogP contribution < -0.4 is 4.90 Å². The lowest BCUT2D eigenvalue weighted by atomic mass is 9.64. The van der Waals surface area contributed by atoms with E-state index >= 15 is 0 Å². The second-order valence-electron chi connectivity index (χ2n) is 9.81. The Morgan fingerprint density at radius 2 is 1.78 bits per heavy atom. The minimum Gasteiger partial charge on any atom is -0.313 e. The Labute approximate surface area is 221 Å². The van der Waals surface area contributed by atoms with E-state index in [-0.39, 0.29) is 10.8 Å². The van der Waals surface area contributed by atoms with Gasteiger partial charge in [-0.05, 0) is 58.6 Å². The lowest BCUT2D eigenvalue weighted by molar-refractivity contribution is -0.125. The molecule has 2 aliphatic rings. The molecule has 1 fully saturated rings. The third kappa shape index (κ3) is 2.82. The van der Waals surface area contributed by atoms with E-state index in [0.717, 1.165) is 47.0 Å². The summed E-state index contributed by atoms with van der Waals surface area (Å²) in [5, 5.41) is 6.00. The van der Waals surface area contributed by atoms with Gasteiger partial charge in [0.2, 0.25) is 5.91 Å². The summed E-state index contributed by atoms with van der Waals surface area (Å²) in [6.07, 6.45) is 5.85. The van der Waals surface area contributed by atoms with Crippen molar-refractivity contribution in [2.24, 2.45) is 7.05 Å². The molecule has 0 bridgehead atoms. The number of carbonyl (C=O) groups excluding carboxylic acids is 1. The van der Waals surface area contributed by atoms with Crippen LogP contribution in [-0.2, 0) is 27.3 Å². The summed E-state index contributed by atoms with van der Waals surface area (Å²) < 4.78 is 31.5. The van der Waals surface area contributed by atoms with Gasteiger partial charge in [-0.2, -0.15) is 5.10 Å². The highest BCUT2D eigenvalue weighted by molar-refractivity contribution is 9.10. The topological polar surface area (TPSA) is 90.1 Å². The van der Waals surface area contributed by atoms with Crippen LogP contribution in [0, 0.1) is 0 Å². The number of pyridine rings is 1. The average Bonchev–Trinajstić information content (AvgIpc) is 3.47. The predicted octanol–water partition coefficient (Wildman–Crippen LogP) is 4.99. The van der Waals surface area contributed by atoms with Crippen LogP contribution in [0.2, 0.25) is 0 Å². The van der Waals surface area contributed by atoms with Gasteiger partial charge in [-0.25, -0.2) is 17.4 Å². The van der Waals surface area contributed by atoms with Crippen LogP contribution in [0.1, 0.15) is 24.8 Å². The van der Waals surface area contributed by atoms with Crippen molar-refractivity contribution in [1.82, 2.24) is 18.7 Å². The van der Waals surface area contributed by atoms with Gasteiger partial charge in [0.1, 0.15) is 4.60 Å². The first-order valence-corrected chi connectivity index (χ1v) is 14.2. The molecule has 0 atom stereocenters. The molecule has 0 unspecified atom stereocenters. The highest BCUT2D eigenvalue weighted by Crippen LogP contribution is 2.57. The maximum absolute atomic E-state index is 14.0. The molecule has 37 heavy (non-hydrogen) atoms. The normalized spacial score (nSPS) is 16.6. The molecule has 2 aromatic carbocycles. The maximum atomic E-state index is 14.0. The number of fused-ring (bicyclic) bond motifs is 5. The molecule has 8 nitrogen and oxygen atoms in total. The quantitative estimate of drug-likeness (QED) is 0.302. The number of carbonyl (C=O) groups is 1. The van der Waals surface area contributed by atoms with Gasteiger partial charge >= 0.3 is 0 Å². The van der Waals surface area contributed by atoms with E-state index in [1.807, 2.05) is 25.2 Å². The molecular weight excluding hydrogens is 554 g/mol. The van der Waals surface area contributed by atoms with Crippen molar-refractivity contribution < 1.29 is 13.2 Å². The molecule has 0 saturated heterocycles. The smallest absolute Gasteiger partial charge is 0.270 e. The molecule has 7 rings (SSSR count). The molecule has 0 N–H and O–H groups in total. The summed E-state index contributed by atoms with van der Waals surface area (Å²) in [6, 6.07) is 14.3. The van der Waals surface area contributed by atoms with E-state index in [1.165, 1.54) is 3.97 Å². The number of aryl methyl sites for hydroxylation is 1. The number of benzene rings is 2. The number of amides is 1. The number of rotatable bonds is 3. The van der Waals surface area contributed by atoms with Gasteiger partial charge in [0, 0.05) is 36.0 Å². The summed E-state index contributed by atoms with van der Waals surface area (Å²) in [4.78, 5) is 20.0. The Bertz CT molecular complexity index is 1890. The average molecular weight is 576 g/mol. The lowest BCUT2D eigenvalue weighted by Crippen LogP contribution is -2.43. The van der Waals surface area contributed by atoms with Crippen LogP contribution in [0.5, 0.6) is 0 Å². The number of likely N-dealkylation sites (N-methyl/N-ethyl adjacent to an activating group) is 1. The Hall–Kier alpha value is -3.50. The van der Waals surface area contributed by atoms with E-state index in [2.05, 4.69) is 26.0 Å². The number of halogens is 1. The number of hydrogen-bond donors (Lipinski definition) is 0. The van der Waals surface area contributed by atoms with Crippen LogP contribution in [0.25, 0.3) is 33.1 Å². The standard InChI is InChI=1S/C27H22BrN5O3S/c1-31-20-15-29-25-22(23(20)27(26(31)34)11-6-12-27)21(16-9-10-19-17(13-16)14-30-32(19)2)24(28)33(25)37(35,36)18-7-4-3-5-8-18/h3-5,7-10,13-15H,6,11-12H2,1-2H3. The van der Waals surface area contributed by atoms with Gasteiger partial charge in [-0.1, -0.05) is 30.7 Å². The first-order valence-electron chi connectivity index (χ1n) is 12.0. The third-order valence-electron chi connectivity index (χ3n) is 7.94. The van der Waals surface area contributed by atoms with E-state index < -0.39 is 15.4 Å². The predicted molar refractivity (Wildman–Crippen MR) is 145 cm³/mol. The highest BCUT2D eigenvalue weighted by atomic mass is 79.9. The molecule has 1 aliphatic heterocycles. The van der Waals surface area contributed by atoms with Crippen molar-refractivity contribution in [3.8, 4) is 11.1 Å². The molecule has 1 aliphatic carbocycles. The Kier molecular flexibility index (Phi) is 4.61. The zero-order valence-electron chi connectivity index (χ0n) is 20.1. The van der Waals surface area contributed by atoms with Crippen molar-refractivity contribution in [1.29, 1.82) is 0 Å². The fraction of sp³-hybridized carbons (Fsp3) is 0.222. The zero-order valence-corrected chi connectivity index (χ0v) is 22.5. The molecule has 3 aromatic heterocycles. The molecular formula is C27H22BrN5O3S. The first-order chi connectivity index (χ1) is 17.8. The molecule has 4 heterocycles. The van der Waals surface area contributed by atoms with E-state index in [9.17, 15) is 13.2 Å². The van der Waals surface area contributed by atoms with Gasteiger partial charge in [-0.3, -0.25) is 9.48 Å². The lowest BCUT2D eigenvalue weighted by Gasteiger charge is -2.37. The molecule has 5 aromatic rings. The minimum atomic E-state index is -4.00. The number of nitrogens with zero attached hydrogens (tertiary/aromatic N) is 5. The highest BCUT2D eigenvalue weighted by Gasteiger charge is 2.55. The number of hydrogen-bond acceptors (Lipinski definition) is 5. The molecule has 1 saturated carbocycles. The van der Waals surface area contributed by atoms with Crippen molar-refractivity contribution in [2.75, 3.05) is 11.9 Å². The van der Waals surface area contributed by atoms with Crippen LogP contribution in [0.15, 0.2) is 70.4 Å². The van der Waals surface area contributed by atoms with E-state index in [1.54, 1.807) is 59.4 Å². The molecule has 186 valence electrons. The van der Waals surface area contributed by atoms with Crippen molar-refractivity contribution >= 4 is 59.5 Å². The Balaban J connectivity index is 1.63. The molecule has 0 radical (unpaired) electrons. The first kappa shape index (κ1) is 22.7. The van der Waals surface area contributed by atoms with Gasteiger partial charge in [0.15, 0.2) is 5.65 Å². The third-order valence-corrected chi connectivity index (χ3v) is 10.6. The summed E-state index contributed by atoms with van der Waals surface area (Å²) in [5.74, 6) is 0.0477. The summed E-state index contributed by atoms with van der Waals surface area (Å²) in [5.41, 5.74) is 3.77. The Morgan fingerprint density at radius 3 is 2.49 bits per heavy atom. The second-order valence-corrected chi connectivity index (χ2v) is 12.3. The van der Waals surface area contributed by atoms with E-state index in [0.29, 0.717) is 21.2 Å². The van der Waals surface area contributed by atoms with Gasteiger partial charge in [-0.15, -0.1) is 0 Å². The molecule has 10 heteroatoms. The van der Waals surface area contributed by atoms with Crippen molar-refractivity contribution in [3.05, 3.63) is 71.1 Å². The van der Waals surface area contributed by atoms with Crippen molar-refractivity contribution in [3.63, 3.8) is 0 Å². The zero-order chi connectivity index (χ0) is 25.7. The largest absolute Gasteiger partial charge is 0.313 e. The van der Waals surface area contributed by atoms with Gasteiger partial charge in [0.05, 0.1) is 33.9 Å².